The Morgan fingerprint density at radius 3 is 2.92 bits per heavy atom. The number of rotatable bonds is 0. The van der Waals surface area contributed by atoms with Crippen LogP contribution in [-0.2, 0) is 7.05 Å². The largest absolute Gasteiger partial charge is 0.375 e. The summed E-state index contributed by atoms with van der Waals surface area (Å²) in [4.78, 5) is 28.3. The maximum Gasteiger partial charge on any atom is 0.329 e. The number of nitrogens with zero attached hydrogens (tertiary/aromatic N) is 2. The molecule has 0 atom stereocenters. The lowest BCUT2D eigenvalue weighted by Crippen LogP contribution is -2.27. The molecule has 0 unspecified atom stereocenters. The van der Waals surface area contributed by atoms with E-state index in [0.717, 1.165) is 11.3 Å². The van der Waals surface area contributed by atoms with Crippen molar-refractivity contribution < 1.29 is 0 Å². The second-order valence-corrected chi connectivity index (χ2v) is 3.55. The van der Waals surface area contributed by atoms with E-state index < -0.39 is 11.2 Å². The monoisotopic (exact) mass is 198 g/mol. The van der Waals surface area contributed by atoms with Crippen molar-refractivity contribution in [3.8, 4) is 0 Å². The zero-order chi connectivity index (χ0) is 9.59. The highest BCUT2D eigenvalue weighted by atomic mass is 32.1. The summed E-state index contributed by atoms with van der Waals surface area (Å²) in [6.45, 7) is 0. The summed E-state index contributed by atoms with van der Waals surface area (Å²) in [5.74, 6) is 0. The molecule has 0 saturated carbocycles. The van der Waals surface area contributed by atoms with E-state index in [9.17, 15) is 9.59 Å². The molecule has 0 saturated heterocycles. The van der Waals surface area contributed by atoms with Crippen molar-refractivity contribution in [2.24, 2.45) is 7.05 Å². The minimum absolute atomic E-state index is 0.279. The summed E-state index contributed by atoms with van der Waals surface area (Å²) in [5, 5.41) is 0.279. The molecule has 0 aliphatic carbocycles. The van der Waals surface area contributed by atoms with E-state index in [1.807, 2.05) is 0 Å². The van der Waals surface area contributed by atoms with Gasteiger partial charge in [0.25, 0.3) is 5.56 Å². The van der Waals surface area contributed by atoms with Crippen molar-refractivity contribution in [1.82, 2.24) is 14.5 Å². The van der Waals surface area contributed by atoms with Crippen LogP contribution in [0.3, 0.4) is 0 Å². The lowest BCUT2D eigenvalue weighted by atomic mass is 10.6. The van der Waals surface area contributed by atoms with Gasteiger partial charge in [-0.2, -0.15) is 0 Å². The Labute approximate surface area is 75.7 Å². The van der Waals surface area contributed by atoms with Crippen LogP contribution in [0.1, 0.15) is 0 Å². The van der Waals surface area contributed by atoms with Crippen molar-refractivity contribution in [2.75, 3.05) is 5.73 Å². The van der Waals surface area contributed by atoms with E-state index in [1.165, 1.54) is 11.6 Å². The zero-order valence-corrected chi connectivity index (χ0v) is 7.51. The molecule has 7 heteroatoms. The lowest BCUT2D eigenvalue weighted by Gasteiger charge is -1.94. The van der Waals surface area contributed by atoms with Crippen LogP contribution in [0, 0.1) is 0 Å². The number of nitrogens with two attached hydrogens (primary N) is 1. The average molecular weight is 198 g/mol. The van der Waals surface area contributed by atoms with Gasteiger partial charge in [-0.15, -0.1) is 0 Å². The number of thiazole rings is 1. The van der Waals surface area contributed by atoms with Gasteiger partial charge in [-0.1, -0.05) is 11.3 Å². The van der Waals surface area contributed by atoms with Gasteiger partial charge in [-0.05, 0) is 0 Å². The van der Waals surface area contributed by atoms with Crippen LogP contribution >= 0.6 is 11.3 Å². The standard InChI is InChI=1S/C6H6N4O2S/c1-10-3-2(13-5(7)8-3)4(11)9-6(10)12/h1H3,(H2,7,8)(H,9,11,12). The fraction of sp³-hybridized carbons (Fsp3) is 0.167. The fourth-order valence-electron chi connectivity index (χ4n) is 1.04. The summed E-state index contributed by atoms with van der Waals surface area (Å²) < 4.78 is 1.63. The summed E-state index contributed by atoms with van der Waals surface area (Å²) >= 11 is 1.06. The highest BCUT2D eigenvalue weighted by Gasteiger charge is 2.08. The van der Waals surface area contributed by atoms with Crippen LogP contribution < -0.4 is 17.0 Å². The quantitative estimate of drug-likeness (QED) is 0.583. The third-order valence-corrected chi connectivity index (χ3v) is 2.55. The van der Waals surface area contributed by atoms with Gasteiger partial charge in [0, 0.05) is 7.05 Å². The van der Waals surface area contributed by atoms with E-state index in [2.05, 4.69) is 9.97 Å². The second-order valence-electron chi connectivity index (χ2n) is 2.52. The van der Waals surface area contributed by atoms with E-state index in [1.54, 1.807) is 0 Å². The Bertz CT molecular complexity index is 578. The van der Waals surface area contributed by atoms with Crippen LogP contribution in [0.25, 0.3) is 10.3 Å². The Kier molecular flexibility index (Phi) is 1.49. The molecule has 0 radical (unpaired) electrons. The molecule has 2 aromatic rings. The number of hydrogen-bond acceptors (Lipinski definition) is 5. The fourth-order valence-corrected chi connectivity index (χ4v) is 1.80. The van der Waals surface area contributed by atoms with E-state index in [-0.39, 0.29) is 5.13 Å². The molecule has 0 aliphatic rings. The van der Waals surface area contributed by atoms with Crippen LogP contribution in [0.4, 0.5) is 5.13 Å². The molecular weight excluding hydrogens is 192 g/mol. The maximum atomic E-state index is 11.2. The van der Waals surface area contributed by atoms with Gasteiger partial charge < -0.3 is 5.73 Å². The molecule has 0 bridgehead atoms. The Morgan fingerprint density at radius 1 is 1.54 bits per heavy atom. The van der Waals surface area contributed by atoms with Gasteiger partial charge in [-0.3, -0.25) is 14.3 Å². The maximum absolute atomic E-state index is 11.2. The summed E-state index contributed by atoms with van der Waals surface area (Å²) in [7, 11) is 1.53. The third kappa shape index (κ3) is 1.04. The molecule has 13 heavy (non-hydrogen) atoms. The van der Waals surface area contributed by atoms with Crippen molar-refractivity contribution >= 4 is 26.8 Å². The summed E-state index contributed by atoms with van der Waals surface area (Å²) in [6.07, 6.45) is 0. The van der Waals surface area contributed by atoms with E-state index in [0.29, 0.717) is 10.3 Å². The van der Waals surface area contributed by atoms with Crippen molar-refractivity contribution in [3.05, 3.63) is 20.8 Å². The average Bonchev–Trinajstić information content (AvgIpc) is 2.44. The SMILES string of the molecule is Cn1c(=O)[nH]c(=O)c2sc(N)nc21. The molecule has 0 amide bonds. The highest BCUT2D eigenvalue weighted by molar-refractivity contribution is 7.21. The molecule has 0 aliphatic heterocycles. The van der Waals surface area contributed by atoms with E-state index >= 15 is 0 Å². The smallest absolute Gasteiger partial charge is 0.329 e. The predicted octanol–water partition coefficient (Wildman–Crippen LogP) is -0.735. The molecule has 0 spiro atoms. The number of nitrogen functional groups attached to an aromatic ring is 1. The minimum atomic E-state index is -0.484. The first-order valence-electron chi connectivity index (χ1n) is 3.45. The molecule has 68 valence electrons. The molecule has 3 N–H and O–H groups in total. The number of aromatic amines is 1. The molecule has 6 nitrogen and oxygen atoms in total. The second kappa shape index (κ2) is 2.43. The third-order valence-electron chi connectivity index (χ3n) is 1.67. The molecular formula is C6H6N4O2S. The van der Waals surface area contributed by atoms with Crippen LogP contribution in [0.5, 0.6) is 0 Å². The molecule has 0 fully saturated rings. The van der Waals surface area contributed by atoms with Crippen molar-refractivity contribution in [2.45, 2.75) is 0 Å². The van der Waals surface area contributed by atoms with Gasteiger partial charge in [0.2, 0.25) is 0 Å². The van der Waals surface area contributed by atoms with Crippen LogP contribution in [0.15, 0.2) is 9.59 Å². The van der Waals surface area contributed by atoms with Gasteiger partial charge in [0.1, 0.15) is 4.70 Å². The normalized spacial score (nSPS) is 10.8. The Hall–Kier alpha value is -1.63. The minimum Gasteiger partial charge on any atom is -0.375 e. The summed E-state index contributed by atoms with van der Waals surface area (Å²) in [6, 6.07) is 0. The van der Waals surface area contributed by atoms with E-state index in [4.69, 9.17) is 5.73 Å². The zero-order valence-electron chi connectivity index (χ0n) is 6.70. The molecule has 0 aromatic carbocycles. The Morgan fingerprint density at radius 2 is 2.23 bits per heavy atom. The first-order chi connectivity index (χ1) is 6.09. The number of aromatic nitrogens is 3. The molecule has 2 rings (SSSR count). The van der Waals surface area contributed by atoms with Crippen molar-refractivity contribution in [3.63, 3.8) is 0 Å². The van der Waals surface area contributed by atoms with Crippen molar-refractivity contribution in [1.29, 1.82) is 0 Å². The van der Waals surface area contributed by atoms with Gasteiger partial charge >= 0.3 is 5.69 Å². The van der Waals surface area contributed by atoms with Gasteiger partial charge in [-0.25, -0.2) is 9.78 Å². The molecule has 2 heterocycles. The number of anilines is 1. The van der Waals surface area contributed by atoms with Gasteiger partial charge in [0.05, 0.1) is 0 Å². The lowest BCUT2D eigenvalue weighted by molar-refractivity contribution is 0.834. The topological polar surface area (TPSA) is 93.8 Å². The molecule has 2 aromatic heterocycles. The number of nitrogens with one attached hydrogen (secondary N) is 1. The number of fused-ring (bicyclic) bond motifs is 1. The number of H-pyrrole nitrogens is 1. The van der Waals surface area contributed by atoms with Crippen LogP contribution in [-0.4, -0.2) is 14.5 Å². The summed E-state index contributed by atoms with van der Waals surface area (Å²) in [5.41, 5.74) is 4.83. The van der Waals surface area contributed by atoms with Crippen LogP contribution in [0.2, 0.25) is 0 Å². The first kappa shape index (κ1) is 7.99. The number of aryl methyl sites for hydroxylation is 1. The first-order valence-corrected chi connectivity index (χ1v) is 4.26. The Balaban J connectivity index is 3.13. The number of hydrogen-bond donors (Lipinski definition) is 2. The predicted molar refractivity (Wildman–Crippen MR) is 49.9 cm³/mol. The van der Waals surface area contributed by atoms with Gasteiger partial charge in [0.15, 0.2) is 10.8 Å². The highest BCUT2D eigenvalue weighted by Crippen LogP contribution is 2.17.